The van der Waals surface area contributed by atoms with Gasteiger partial charge in [-0.15, -0.1) is 0 Å². The number of amides is 2. The van der Waals surface area contributed by atoms with E-state index in [4.69, 9.17) is 11.6 Å². The summed E-state index contributed by atoms with van der Waals surface area (Å²) >= 11 is 6.22. The first-order chi connectivity index (χ1) is 15.9. The van der Waals surface area contributed by atoms with E-state index in [9.17, 15) is 14.4 Å². The van der Waals surface area contributed by atoms with Gasteiger partial charge in [0, 0.05) is 42.5 Å². The summed E-state index contributed by atoms with van der Waals surface area (Å²) in [6.45, 7) is 3.17. The van der Waals surface area contributed by atoms with Gasteiger partial charge in [0.2, 0.25) is 5.91 Å². The standard InChI is InChI=1S/C25H25ClN4O3/c1-17-6-8-22(27-14-17)28-24(32)18-10-12-29(13-11-18)25(33)20-7-9-23(31)30(16-20)15-19-4-2-3-5-21(19)26/h2-9,14,16,18H,10-13,15H2,1H3,(H,27,28,32). The third-order valence-electron chi connectivity index (χ3n) is 5.84. The maximum Gasteiger partial charge on any atom is 0.255 e. The molecule has 1 saturated heterocycles. The van der Waals surface area contributed by atoms with Crippen LogP contribution in [0.2, 0.25) is 5.02 Å². The number of anilines is 1. The van der Waals surface area contributed by atoms with Crippen LogP contribution in [0.5, 0.6) is 0 Å². The molecule has 8 heteroatoms. The van der Waals surface area contributed by atoms with Crippen molar-refractivity contribution in [3.05, 3.63) is 93.0 Å². The Bertz CT molecular complexity index is 1210. The van der Waals surface area contributed by atoms with Crippen LogP contribution in [-0.2, 0) is 11.3 Å². The number of aromatic nitrogens is 2. The third kappa shape index (κ3) is 5.49. The Hall–Kier alpha value is -3.45. The van der Waals surface area contributed by atoms with E-state index in [1.807, 2.05) is 31.2 Å². The smallest absolute Gasteiger partial charge is 0.255 e. The first-order valence-electron chi connectivity index (χ1n) is 10.9. The highest BCUT2D eigenvalue weighted by Crippen LogP contribution is 2.21. The second kappa shape index (κ2) is 10.0. The molecular weight excluding hydrogens is 440 g/mol. The van der Waals surface area contributed by atoms with Crippen molar-refractivity contribution in [2.75, 3.05) is 18.4 Å². The van der Waals surface area contributed by atoms with Crippen molar-refractivity contribution in [1.82, 2.24) is 14.5 Å². The Morgan fingerprint density at radius 3 is 2.55 bits per heavy atom. The van der Waals surface area contributed by atoms with E-state index in [0.29, 0.717) is 42.3 Å². The fourth-order valence-corrected chi connectivity index (χ4v) is 4.08. The molecule has 0 atom stereocenters. The maximum atomic E-state index is 13.1. The zero-order chi connectivity index (χ0) is 23.4. The van der Waals surface area contributed by atoms with Crippen LogP contribution < -0.4 is 10.9 Å². The molecule has 1 aromatic carbocycles. The predicted octanol–water partition coefficient (Wildman–Crippen LogP) is 3.74. The Morgan fingerprint density at radius 1 is 1.09 bits per heavy atom. The molecule has 1 aliphatic heterocycles. The van der Waals surface area contributed by atoms with Crippen molar-refractivity contribution in [3.63, 3.8) is 0 Å². The molecular formula is C25H25ClN4O3. The normalized spacial score (nSPS) is 14.2. The number of benzene rings is 1. The van der Waals surface area contributed by atoms with Gasteiger partial charge in [0.05, 0.1) is 12.1 Å². The lowest BCUT2D eigenvalue weighted by Gasteiger charge is -2.31. The van der Waals surface area contributed by atoms with Crippen LogP contribution >= 0.6 is 11.6 Å². The maximum absolute atomic E-state index is 13.1. The van der Waals surface area contributed by atoms with Gasteiger partial charge in [0.25, 0.3) is 11.5 Å². The van der Waals surface area contributed by atoms with Crippen molar-refractivity contribution in [3.8, 4) is 0 Å². The van der Waals surface area contributed by atoms with E-state index < -0.39 is 0 Å². The number of carbonyl (C=O) groups is 2. The molecule has 0 radical (unpaired) electrons. The van der Waals surface area contributed by atoms with Gasteiger partial charge in [-0.05, 0) is 49.1 Å². The number of aryl methyl sites for hydroxylation is 1. The largest absolute Gasteiger partial charge is 0.339 e. The summed E-state index contributed by atoms with van der Waals surface area (Å²) in [4.78, 5) is 43.9. The highest BCUT2D eigenvalue weighted by Gasteiger charge is 2.28. The van der Waals surface area contributed by atoms with E-state index in [1.54, 1.807) is 35.5 Å². The molecule has 0 unspecified atom stereocenters. The number of nitrogens with one attached hydrogen (secondary N) is 1. The first-order valence-corrected chi connectivity index (χ1v) is 11.3. The first kappa shape index (κ1) is 22.7. The van der Waals surface area contributed by atoms with Crippen LogP contribution in [0.3, 0.4) is 0 Å². The molecule has 3 heterocycles. The van der Waals surface area contributed by atoms with E-state index in [0.717, 1.165) is 11.1 Å². The molecule has 3 aromatic rings. The highest BCUT2D eigenvalue weighted by molar-refractivity contribution is 6.31. The Balaban J connectivity index is 1.38. The zero-order valence-corrected chi connectivity index (χ0v) is 19.1. The lowest BCUT2D eigenvalue weighted by Crippen LogP contribution is -2.41. The van der Waals surface area contributed by atoms with Crippen molar-refractivity contribution in [2.24, 2.45) is 5.92 Å². The minimum absolute atomic E-state index is 0.0771. The van der Waals surface area contributed by atoms with Crippen molar-refractivity contribution >= 4 is 29.2 Å². The molecule has 1 fully saturated rings. The van der Waals surface area contributed by atoms with Gasteiger partial charge >= 0.3 is 0 Å². The van der Waals surface area contributed by atoms with Gasteiger partial charge in [0.1, 0.15) is 5.82 Å². The number of rotatable bonds is 5. The molecule has 2 aromatic heterocycles. The number of halogens is 1. The fourth-order valence-electron chi connectivity index (χ4n) is 3.89. The van der Waals surface area contributed by atoms with Crippen molar-refractivity contribution < 1.29 is 9.59 Å². The molecule has 1 N–H and O–H groups in total. The molecule has 7 nitrogen and oxygen atoms in total. The minimum Gasteiger partial charge on any atom is -0.339 e. The van der Waals surface area contributed by atoms with Gasteiger partial charge < -0.3 is 14.8 Å². The van der Waals surface area contributed by atoms with Gasteiger partial charge in [-0.25, -0.2) is 4.98 Å². The van der Waals surface area contributed by atoms with Crippen LogP contribution in [0.4, 0.5) is 5.82 Å². The zero-order valence-electron chi connectivity index (χ0n) is 18.3. The van der Waals surface area contributed by atoms with Crippen molar-refractivity contribution in [2.45, 2.75) is 26.3 Å². The summed E-state index contributed by atoms with van der Waals surface area (Å²) in [6.07, 6.45) is 4.43. The Labute approximate surface area is 197 Å². The lowest BCUT2D eigenvalue weighted by atomic mass is 9.95. The number of likely N-dealkylation sites (tertiary alicyclic amines) is 1. The predicted molar refractivity (Wildman–Crippen MR) is 127 cm³/mol. The fraction of sp³-hybridized carbons (Fsp3) is 0.280. The van der Waals surface area contributed by atoms with E-state index >= 15 is 0 Å². The quantitative estimate of drug-likeness (QED) is 0.623. The highest BCUT2D eigenvalue weighted by atomic mass is 35.5. The summed E-state index contributed by atoms with van der Waals surface area (Å²) < 4.78 is 1.49. The number of nitrogens with zero attached hydrogens (tertiary/aromatic N) is 3. The second-order valence-corrected chi connectivity index (χ2v) is 8.66. The third-order valence-corrected chi connectivity index (χ3v) is 6.21. The number of hydrogen-bond donors (Lipinski definition) is 1. The van der Waals surface area contributed by atoms with Crippen LogP contribution in [0.25, 0.3) is 0 Å². The summed E-state index contributed by atoms with van der Waals surface area (Å²) in [6, 6.07) is 13.9. The summed E-state index contributed by atoms with van der Waals surface area (Å²) in [5, 5.41) is 3.43. The van der Waals surface area contributed by atoms with Gasteiger partial charge in [-0.2, -0.15) is 0 Å². The molecule has 170 valence electrons. The average molecular weight is 465 g/mol. The molecule has 0 aliphatic carbocycles. The number of piperidine rings is 1. The van der Waals surface area contributed by atoms with Crippen LogP contribution in [0.15, 0.2) is 65.7 Å². The molecule has 33 heavy (non-hydrogen) atoms. The molecule has 0 spiro atoms. The van der Waals surface area contributed by atoms with E-state index in [-0.39, 0.29) is 29.8 Å². The Morgan fingerprint density at radius 2 is 1.85 bits per heavy atom. The topological polar surface area (TPSA) is 84.3 Å². The van der Waals surface area contributed by atoms with E-state index in [2.05, 4.69) is 10.3 Å². The molecule has 4 rings (SSSR count). The van der Waals surface area contributed by atoms with Crippen molar-refractivity contribution in [1.29, 1.82) is 0 Å². The van der Waals surface area contributed by atoms with Gasteiger partial charge in [0.15, 0.2) is 0 Å². The number of hydrogen-bond acceptors (Lipinski definition) is 4. The minimum atomic E-state index is -0.202. The molecule has 2 amide bonds. The number of pyridine rings is 2. The van der Waals surface area contributed by atoms with Crippen LogP contribution in [0.1, 0.15) is 34.3 Å². The lowest BCUT2D eigenvalue weighted by molar-refractivity contribution is -0.121. The SMILES string of the molecule is Cc1ccc(NC(=O)C2CCN(C(=O)c3ccc(=O)n(Cc4ccccc4Cl)c3)CC2)nc1. The summed E-state index contributed by atoms with van der Waals surface area (Å²) in [7, 11) is 0. The Kier molecular flexibility index (Phi) is 6.89. The summed E-state index contributed by atoms with van der Waals surface area (Å²) in [5.74, 6) is 0.130. The average Bonchev–Trinajstić information content (AvgIpc) is 2.83. The van der Waals surface area contributed by atoms with Gasteiger partial charge in [-0.1, -0.05) is 35.9 Å². The monoisotopic (exact) mass is 464 g/mol. The molecule has 1 aliphatic rings. The summed E-state index contributed by atoms with van der Waals surface area (Å²) in [5.41, 5.74) is 2.07. The molecule has 0 bridgehead atoms. The molecule has 0 saturated carbocycles. The van der Waals surface area contributed by atoms with E-state index in [1.165, 1.54) is 10.6 Å². The van der Waals surface area contributed by atoms with Gasteiger partial charge in [-0.3, -0.25) is 14.4 Å². The van der Waals surface area contributed by atoms with Crippen LogP contribution in [-0.4, -0.2) is 39.4 Å². The second-order valence-electron chi connectivity index (χ2n) is 8.25. The number of carbonyl (C=O) groups excluding carboxylic acids is 2. The van der Waals surface area contributed by atoms with Crippen LogP contribution in [0, 0.1) is 12.8 Å².